The molecule has 1 aromatic carbocycles. The van der Waals surface area contributed by atoms with E-state index in [2.05, 4.69) is 26.1 Å². The van der Waals surface area contributed by atoms with E-state index in [0.717, 1.165) is 15.7 Å². The number of benzene rings is 1. The van der Waals surface area contributed by atoms with Crippen LogP contribution in [0.2, 0.25) is 5.28 Å². The second kappa shape index (κ2) is 3.71. The molecule has 0 aliphatic heterocycles. The maximum atomic E-state index is 5.84. The fraction of sp³-hybridized carbons (Fsp3) is 0.111. The predicted molar refractivity (Wildman–Crippen MR) is 58.8 cm³/mol. The van der Waals surface area contributed by atoms with Gasteiger partial charge in [0.05, 0.1) is 0 Å². The fourth-order valence-electron chi connectivity index (χ4n) is 1.17. The molecule has 0 aliphatic rings. The first-order valence-corrected chi connectivity index (χ1v) is 5.17. The maximum absolute atomic E-state index is 5.84. The van der Waals surface area contributed by atoms with Gasteiger partial charge in [0.1, 0.15) is 6.33 Å². The van der Waals surface area contributed by atoms with Crippen molar-refractivity contribution in [2.45, 2.75) is 6.92 Å². The van der Waals surface area contributed by atoms with E-state index in [1.165, 1.54) is 0 Å². The van der Waals surface area contributed by atoms with E-state index in [4.69, 9.17) is 11.6 Å². The van der Waals surface area contributed by atoms with Crippen molar-refractivity contribution < 1.29 is 0 Å². The summed E-state index contributed by atoms with van der Waals surface area (Å²) in [5.74, 6) is 0. The molecule has 3 nitrogen and oxygen atoms in total. The van der Waals surface area contributed by atoms with Crippen molar-refractivity contribution in [3.05, 3.63) is 39.8 Å². The molecule has 2 rings (SSSR count). The highest BCUT2D eigenvalue weighted by atomic mass is 79.9. The Bertz CT molecular complexity index is 467. The molecule has 0 unspecified atom stereocenters. The van der Waals surface area contributed by atoms with Crippen molar-refractivity contribution >= 4 is 27.5 Å². The lowest BCUT2D eigenvalue weighted by atomic mass is 10.2. The molecule has 0 amide bonds. The van der Waals surface area contributed by atoms with Crippen molar-refractivity contribution in [1.29, 1.82) is 0 Å². The van der Waals surface area contributed by atoms with E-state index in [1.807, 2.05) is 25.1 Å². The molecular weight excluding hydrogens is 265 g/mol. The summed E-state index contributed by atoms with van der Waals surface area (Å²) in [6.07, 6.45) is 1.59. The molecule has 0 spiro atoms. The maximum Gasteiger partial charge on any atom is 0.229 e. The Morgan fingerprint density at radius 2 is 2.21 bits per heavy atom. The first kappa shape index (κ1) is 9.68. The number of nitrogens with zero attached hydrogens (tertiary/aromatic N) is 3. The Morgan fingerprint density at radius 1 is 1.43 bits per heavy atom. The molecule has 1 heterocycles. The smallest absolute Gasteiger partial charge is 0.229 e. The molecule has 0 saturated carbocycles. The van der Waals surface area contributed by atoms with E-state index in [0.29, 0.717) is 5.28 Å². The number of hydrogen-bond donors (Lipinski definition) is 0. The zero-order valence-corrected chi connectivity index (χ0v) is 9.75. The molecule has 0 atom stereocenters. The Morgan fingerprint density at radius 3 is 2.79 bits per heavy atom. The molecule has 14 heavy (non-hydrogen) atoms. The van der Waals surface area contributed by atoms with Crippen molar-refractivity contribution in [2.24, 2.45) is 0 Å². The van der Waals surface area contributed by atoms with Crippen LogP contribution >= 0.6 is 27.5 Å². The van der Waals surface area contributed by atoms with Gasteiger partial charge in [-0.2, -0.15) is 0 Å². The fourth-order valence-corrected chi connectivity index (χ4v) is 1.60. The summed E-state index contributed by atoms with van der Waals surface area (Å²) in [6.45, 7) is 2.02. The Kier molecular flexibility index (Phi) is 2.56. The molecule has 5 heteroatoms. The number of hydrogen-bond acceptors (Lipinski definition) is 2. The second-order valence-electron chi connectivity index (χ2n) is 2.90. The number of rotatable bonds is 1. The Labute approximate surface area is 94.9 Å². The van der Waals surface area contributed by atoms with Gasteiger partial charge in [-0.25, -0.2) is 0 Å². The molecule has 0 fully saturated rings. The van der Waals surface area contributed by atoms with Gasteiger partial charge in [-0.1, -0.05) is 15.9 Å². The van der Waals surface area contributed by atoms with Gasteiger partial charge < -0.3 is 0 Å². The zero-order chi connectivity index (χ0) is 10.1. The molecule has 0 saturated heterocycles. The van der Waals surface area contributed by atoms with Crippen LogP contribution in [-0.2, 0) is 0 Å². The highest BCUT2D eigenvalue weighted by Gasteiger charge is 2.04. The van der Waals surface area contributed by atoms with Crippen LogP contribution in [-0.4, -0.2) is 14.8 Å². The van der Waals surface area contributed by atoms with Crippen LogP contribution in [0.15, 0.2) is 29.0 Å². The summed E-state index contributed by atoms with van der Waals surface area (Å²) < 4.78 is 2.80. The lowest BCUT2D eigenvalue weighted by molar-refractivity contribution is 1.05. The molecule has 0 N–H and O–H groups in total. The summed E-state index contributed by atoms with van der Waals surface area (Å²) >= 11 is 9.28. The average Bonchev–Trinajstić information content (AvgIpc) is 2.57. The largest absolute Gasteiger partial charge is 0.272 e. The number of aromatic nitrogens is 3. The Hall–Kier alpha value is -0.870. The van der Waals surface area contributed by atoms with E-state index in [9.17, 15) is 0 Å². The van der Waals surface area contributed by atoms with Crippen molar-refractivity contribution in [3.8, 4) is 5.69 Å². The SMILES string of the molecule is Cc1cc(-n2cnnc2Cl)ccc1Br. The molecule has 1 aromatic heterocycles. The van der Waals surface area contributed by atoms with Crippen LogP contribution in [0.1, 0.15) is 5.56 Å². The van der Waals surface area contributed by atoms with Crippen LogP contribution in [0.25, 0.3) is 5.69 Å². The molecule has 0 bridgehead atoms. The summed E-state index contributed by atoms with van der Waals surface area (Å²) in [5, 5.41) is 7.80. The highest BCUT2D eigenvalue weighted by Crippen LogP contribution is 2.20. The molecule has 72 valence electrons. The van der Waals surface area contributed by atoms with Crippen LogP contribution in [0.4, 0.5) is 0 Å². The summed E-state index contributed by atoms with van der Waals surface area (Å²) in [5.41, 5.74) is 2.10. The third kappa shape index (κ3) is 1.67. The first-order chi connectivity index (χ1) is 6.68. The van der Waals surface area contributed by atoms with Crippen molar-refractivity contribution in [3.63, 3.8) is 0 Å². The van der Waals surface area contributed by atoms with E-state index in [1.54, 1.807) is 10.9 Å². The highest BCUT2D eigenvalue weighted by molar-refractivity contribution is 9.10. The number of aryl methyl sites for hydroxylation is 1. The molecule has 2 aromatic rings. The topological polar surface area (TPSA) is 30.7 Å². The summed E-state index contributed by atoms with van der Waals surface area (Å²) in [4.78, 5) is 0. The van der Waals surface area contributed by atoms with Gasteiger partial charge in [-0.05, 0) is 42.3 Å². The lowest BCUT2D eigenvalue weighted by Gasteiger charge is -2.04. The average molecular weight is 273 g/mol. The standard InChI is InChI=1S/C9H7BrClN3/c1-6-4-7(2-3-8(6)10)14-5-12-13-9(14)11/h2-5H,1H3. The van der Waals surface area contributed by atoms with Crippen LogP contribution in [0.5, 0.6) is 0 Å². The van der Waals surface area contributed by atoms with E-state index < -0.39 is 0 Å². The molecule has 0 aliphatic carbocycles. The van der Waals surface area contributed by atoms with Crippen molar-refractivity contribution in [1.82, 2.24) is 14.8 Å². The van der Waals surface area contributed by atoms with Gasteiger partial charge in [0.25, 0.3) is 0 Å². The van der Waals surface area contributed by atoms with Gasteiger partial charge in [0, 0.05) is 10.2 Å². The minimum absolute atomic E-state index is 0.367. The predicted octanol–water partition coefficient (Wildman–Crippen LogP) is 2.99. The normalized spacial score (nSPS) is 10.5. The Balaban J connectivity index is 2.53. The van der Waals surface area contributed by atoms with Gasteiger partial charge in [-0.3, -0.25) is 4.57 Å². The van der Waals surface area contributed by atoms with Crippen LogP contribution < -0.4 is 0 Å². The van der Waals surface area contributed by atoms with Crippen LogP contribution in [0.3, 0.4) is 0 Å². The van der Waals surface area contributed by atoms with Crippen LogP contribution in [0, 0.1) is 6.92 Å². The van der Waals surface area contributed by atoms with Gasteiger partial charge in [0.15, 0.2) is 0 Å². The first-order valence-electron chi connectivity index (χ1n) is 4.00. The summed E-state index contributed by atoms with van der Waals surface area (Å²) in [6, 6.07) is 5.94. The van der Waals surface area contributed by atoms with E-state index in [-0.39, 0.29) is 0 Å². The van der Waals surface area contributed by atoms with Gasteiger partial charge in [-0.15, -0.1) is 10.2 Å². The molecular formula is C9H7BrClN3. The summed E-state index contributed by atoms with van der Waals surface area (Å²) in [7, 11) is 0. The molecule has 0 radical (unpaired) electrons. The third-order valence-electron chi connectivity index (χ3n) is 1.93. The monoisotopic (exact) mass is 271 g/mol. The van der Waals surface area contributed by atoms with Gasteiger partial charge >= 0.3 is 0 Å². The number of halogens is 2. The minimum atomic E-state index is 0.367. The zero-order valence-electron chi connectivity index (χ0n) is 7.41. The van der Waals surface area contributed by atoms with E-state index >= 15 is 0 Å². The van der Waals surface area contributed by atoms with Crippen molar-refractivity contribution in [2.75, 3.05) is 0 Å². The lowest BCUT2D eigenvalue weighted by Crippen LogP contribution is -1.92. The minimum Gasteiger partial charge on any atom is -0.272 e. The van der Waals surface area contributed by atoms with Gasteiger partial charge in [0.2, 0.25) is 5.28 Å². The third-order valence-corrected chi connectivity index (χ3v) is 3.07. The quantitative estimate of drug-likeness (QED) is 0.799. The second-order valence-corrected chi connectivity index (χ2v) is 4.10.